The average molecular weight is 277 g/mol. The third-order valence-electron chi connectivity index (χ3n) is 4.20. The molecular formula is C15H19NO2S. The summed E-state index contributed by atoms with van der Waals surface area (Å²) < 4.78 is 5.24. The van der Waals surface area contributed by atoms with Crippen molar-refractivity contribution in [3.05, 3.63) is 29.3 Å². The summed E-state index contributed by atoms with van der Waals surface area (Å²) in [6, 6.07) is 5.82. The van der Waals surface area contributed by atoms with E-state index in [-0.39, 0.29) is 11.3 Å². The third-order valence-corrected chi connectivity index (χ3v) is 5.18. The zero-order chi connectivity index (χ0) is 13.3. The molecule has 1 heterocycles. The first-order chi connectivity index (χ1) is 9.25. The van der Waals surface area contributed by atoms with Crippen molar-refractivity contribution in [2.24, 2.45) is 0 Å². The molecule has 2 aliphatic rings. The molecule has 1 aromatic rings. The summed E-state index contributed by atoms with van der Waals surface area (Å²) in [6.07, 6.45) is 2.81. The van der Waals surface area contributed by atoms with Gasteiger partial charge in [-0.05, 0) is 48.8 Å². The van der Waals surface area contributed by atoms with Crippen LogP contribution >= 0.6 is 11.8 Å². The van der Waals surface area contributed by atoms with E-state index < -0.39 is 0 Å². The summed E-state index contributed by atoms with van der Waals surface area (Å²) in [4.78, 5) is 12.8. The Hall–Kier alpha value is -1.00. The summed E-state index contributed by atoms with van der Waals surface area (Å²) in [5.41, 5.74) is 1.70. The number of ether oxygens (including phenoxy) is 1. The second-order valence-corrected chi connectivity index (χ2v) is 6.45. The van der Waals surface area contributed by atoms with Crippen LogP contribution in [0.1, 0.15) is 28.8 Å². The van der Waals surface area contributed by atoms with Gasteiger partial charge in [0.1, 0.15) is 5.75 Å². The maximum Gasteiger partial charge on any atom is 0.183 e. The molecule has 102 valence electrons. The molecule has 1 saturated heterocycles. The number of carbonyl (C=O) groups excluding carboxylic acids is 1. The van der Waals surface area contributed by atoms with Gasteiger partial charge in [0.15, 0.2) is 5.78 Å². The Morgan fingerprint density at radius 1 is 1.32 bits per heavy atom. The van der Waals surface area contributed by atoms with Crippen molar-refractivity contribution in [3.63, 3.8) is 0 Å². The second-order valence-electron chi connectivity index (χ2n) is 5.22. The van der Waals surface area contributed by atoms with Gasteiger partial charge in [-0.3, -0.25) is 4.79 Å². The van der Waals surface area contributed by atoms with E-state index in [4.69, 9.17) is 4.74 Å². The molecule has 1 spiro atoms. The van der Waals surface area contributed by atoms with Gasteiger partial charge in [0.2, 0.25) is 0 Å². The van der Waals surface area contributed by atoms with Crippen molar-refractivity contribution in [3.8, 4) is 5.75 Å². The molecule has 3 nitrogen and oxygen atoms in total. The van der Waals surface area contributed by atoms with Gasteiger partial charge in [-0.2, -0.15) is 11.8 Å². The average Bonchev–Trinajstić information content (AvgIpc) is 2.69. The van der Waals surface area contributed by atoms with E-state index >= 15 is 0 Å². The molecule has 0 aromatic heterocycles. The minimum atomic E-state index is -0.314. The van der Waals surface area contributed by atoms with Crippen LogP contribution in [0.3, 0.4) is 0 Å². The topological polar surface area (TPSA) is 38.3 Å². The van der Waals surface area contributed by atoms with Crippen molar-refractivity contribution in [2.75, 3.05) is 25.2 Å². The normalized spacial score (nSPS) is 26.9. The zero-order valence-electron chi connectivity index (χ0n) is 11.2. The van der Waals surface area contributed by atoms with Crippen LogP contribution in [0.15, 0.2) is 18.2 Å². The van der Waals surface area contributed by atoms with Crippen LogP contribution in [0.5, 0.6) is 5.75 Å². The maximum absolute atomic E-state index is 12.8. The number of ketones is 1. The fraction of sp³-hybridized carbons (Fsp3) is 0.533. The lowest BCUT2D eigenvalue weighted by atomic mass is 9.75. The van der Waals surface area contributed by atoms with Crippen LogP contribution in [0.4, 0.5) is 0 Å². The maximum atomic E-state index is 12.8. The molecule has 1 aliphatic carbocycles. The van der Waals surface area contributed by atoms with Crippen molar-refractivity contribution in [2.45, 2.75) is 24.8 Å². The largest absolute Gasteiger partial charge is 0.497 e. The number of aryl methyl sites for hydroxylation is 1. The number of thioether (sulfide) groups is 1. The van der Waals surface area contributed by atoms with Gasteiger partial charge in [0, 0.05) is 17.9 Å². The number of nitrogens with one attached hydrogen (secondary N) is 1. The number of hydrogen-bond acceptors (Lipinski definition) is 4. The molecule has 4 heteroatoms. The summed E-state index contributed by atoms with van der Waals surface area (Å²) in [5, 5.41) is 3.51. The van der Waals surface area contributed by atoms with Gasteiger partial charge in [0.05, 0.1) is 12.6 Å². The smallest absolute Gasteiger partial charge is 0.183 e. The van der Waals surface area contributed by atoms with E-state index in [1.807, 2.05) is 30.0 Å². The molecule has 1 atom stereocenters. The Labute approximate surface area is 118 Å². The van der Waals surface area contributed by atoms with Gasteiger partial charge in [-0.1, -0.05) is 0 Å². The van der Waals surface area contributed by atoms with Gasteiger partial charge in [0.25, 0.3) is 0 Å². The van der Waals surface area contributed by atoms with Crippen LogP contribution in [-0.2, 0) is 6.42 Å². The van der Waals surface area contributed by atoms with E-state index in [9.17, 15) is 4.79 Å². The number of methoxy groups -OCH3 is 1. The van der Waals surface area contributed by atoms with E-state index in [1.54, 1.807) is 7.11 Å². The Balaban J connectivity index is 1.95. The summed E-state index contributed by atoms with van der Waals surface area (Å²) in [7, 11) is 1.66. The molecule has 3 rings (SSSR count). The lowest BCUT2D eigenvalue weighted by Crippen LogP contribution is -2.54. The van der Waals surface area contributed by atoms with E-state index in [1.165, 1.54) is 0 Å². The summed E-state index contributed by atoms with van der Waals surface area (Å²) >= 11 is 1.94. The highest BCUT2D eigenvalue weighted by molar-refractivity contribution is 7.99. The molecule has 1 aromatic carbocycles. The van der Waals surface area contributed by atoms with Gasteiger partial charge >= 0.3 is 0 Å². The van der Waals surface area contributed by atoms with Crippen molar-refractivity contribution < 1.29 is 9.53 Å². The highest BCUT2D eigenvalue weighted by atomic mass is 32.2. The van der Waals surface area contributed by atoms with E-state index in [2.05, 4.69) is 5.32 Å². The van der Waals surface area contributed by atoms with Crippen LogP contribution in [-0.4, -0.2) is 36.5 Å². The molecular weight excluding hydrogens is 258 g/mol. The number of Topliss-reactive ketones (excluding diaryl/α,β-unsaturated/α-hetero) is 1. The van der Waals surface area contributed by atoms with E-state index in [0.717, 1.165) is 54.2 Å². The number of carbonyl (C=O) groups is 1. The fourth-order valence-corrected chi connectivity index (χ4v) is 3.99. The Morgan fingerprint density at radius 2 is 2.21 bits per heavy atom. The zero-order valence-corrected chi connectivity index (χ0v) is 12.0. The molecule has 1 fully saturated rings. The SMILES string of the molecule is COc1ccc2c(c1)CCC1(CCSCCN1)C2=O. The molecule has 0 bridgehead atoms. The predicted octanol–water partition coefficient (Wildman–Crippen LogP) is 2.29. The number of rotatable bonds is 1. The number of benzene rings is 1. The van der Waals surface area contributed by atoms with Crippen LogP contribution < -0.4 is 10.1 Å². The van der Waals surface area contributed by atoms with Crippen LogP contribution in [0.25, 0.3) is 0 Å². The van der Waals surface area contributed by atoms with Crippen molar-refractivity contribution in [1.82, 2.24) is 5.32 Å². The lowest BCUT2D eigenvalue weighted by Gasteiger charge is -2.36. The first-order valence-electron chi connectivity index (χ1n) is 6.80. The molecule has 0 amide bonds. The van der Waals surface area contributed by atoms with Crippen LogP contribution in [0.2, 0.25) is 0 Å². The molecule has 1 unspecified atom stereocenters. The quantitative estimate of drug-likeness (QED) is 0.855. The predicted molar refractivity (Wildman–Crippen MR) is 78.3 cm³/mol. The highest BCUT2D eigenvalue weighted by Crippen LogP contribution is 2.34. The molecule has 19 heavy (non-hydrogen) atoms. The van der Waals surface area contributed by atoms with Crippen molar-refractivity contribution in [1.29, 1.82) is 0 Å². The molecule has 0 radical (unpaired) electrons. The minimum absolute atomic E-state index is 0.277. The van der Waals surface area contributed by atoms with E-state index in [0.29, 0.717) is 0 Å². The first-order valence-corrected chi connectivity index (χ1v) is 7.95. The first kappa shape index (κ1) is 13.0. The van der Waals surface area contributed by atoms with Gasteiger partial charge < -0.3 is 10.1 Å². The minimum Gasteiger partial charge on any atom is -0.497 e. The summed E-state index contributed by atoms with van der Waals surface area (Å²) in [5.74, 6) is 3.29. The Morgan fingerprint density at radius 3 is 3.05 bits per heavy atom. The summed E-state index contributed by atoms with van der Waals surface area (Å²) in [6.45, 7) is 0.932. The van der Waals surface area contributed by atoms with Crippen LogP contribution in [0, 0.1) is 0 Å². The molecule has 1 N–H and O–H groups in total. The van der Waals surface area contributed by atoms with Gasteiger partial charge in [-0.15, -0.1) is 0 Å². The number of fused-ring (bicyclic) bond motifs is 1. The highest BCUT2D eigenvalue weighted by Gasteiger charge is 2.42. The van der Waals surface area contributed by atoms with Crippen molar-refractivity contribution >= 4 is 17.5 Å². The Kier molecular flexibility index (Phi) is 3.54. The lowest BCUT2D eigenvalue weighted by molar-refractivity contribution is 0.0822. The third kappa shape index (κ3) is 2.28. The van der Waals surface area contributed by atoms with Gasteiger partial charge in [-0.25, -0.2) is 0 Å². The monoisotopic (exact) mass is 277 g/mol. The fourth-order valence-electron chi connectivity index (χ4n) is 3.05. The molecule has 0 saturated carbocycles. The molecule has 1 aliphatic heterocycles. The standard InChI is InChI=1S/C15H19NO2S/c1-18-12-2-3-13-11(10-12)4-5-15(14(13)17)6-8-19-9-7-16-15/h2-3,10,16H,4-9H2,1H3. The second kappa shape index (κ2) is 5.17. The Bertz CT molecular complexity index is 493. The number of hydrogen-bond donors (Lipinski definition) is 1.